The van der Waals surface area contributed by atoms with Crippen LogP contribution in [0.25, 0.3) is 74.2 Å². The van der Waals surface area contributed by atoms with E-state index in [1.165, 1.54) is 43.9 Å². The third kappa shape index (κ3) is 4.95. The molecule has 2 aliphatic carbocycles. The molecule has 0 radical (unpaired) electrons. The van der Waals surface area contributed by atoms with Gasteiger partial charge in [0.1, 0.15) is 11.2 Å². The number of allylic oxidation sites excluding steroid dienone is 5. The largest absolute Gasteiger partial charge is 0.455 e. The quantitative estimate of drug-likeness (QED) is 0.180. The first-order chi connectivity index (χ1) is 24.7. The van der Waals surface area contributed by atoms with Crippen LogP contribution >= 0.6 is 0 Å². The molecule has 0 fully saturated rings. The molecule has 1 atom stereocenters. The van der Waals surface area contributed by atoms with Crippen LogP contribution < -0.4 is 25.8 Å². The summed E-state index contributed by atoms with van der Waals surface area (Å²) in [6, 6.07) is 43.6. The summed E-state index contributed by atoms with van der Waals surface area (Å²) in [6.45, 7) is 8.30. The lowest BCUT2D eigenvalue weighted by molar-refractivity contribution is 0.671. The Labute approximate surface area is 291 Å². The molecular weight excluding hydrogens is 607 g/mol. The highest BCUT2D eigenvalue weighted by Gasteiger charge is 2.28. The van der Waals surface area contributed by atoms with Gasteiger partial charge in [0.15, 0.2) is 0 Å². The topological polar surface area (TPSA) is 16.4 Å². The molecular formula is C48H37NO. The second-order valence-corrected chi connectivity index (χ2v) is 13.2. The molecule has 2 heteroatoms. The fourth-order valence-electron chi connectivity index (χ4n) is 8.04. The molecule has 2 nitrogen and oxygen atoms in total. The third-order valence-electron chi connectivity index (χ3n) is 10.3. The molecule has 1 aromatic heterocycles. The van der Waals surface area contributed by atoms with Crippen molar-refractivity contribution in [2.75, 3.05) is 4.90 Å². The van der Waals surface area contributed by atoms with Gasteiger partial charge >= 0.3 is 0 Å². The standard InChI is InChI=1S/C48H37NO/c1-3-14-37-32(2)25-26-35-31-36(28-30-38(35)37)49(45-23-11-9-18-39(45)33-15-5-4-6-16-33)46-24-12-10-20-41(46)42-21-13-22-43-44-29-27-34-17-7-8-19-40(34)47(44)50-48(42)43/h3-11,13-23,25-27,29-31,36H,1-2,12,24,28H2/b37-14+. The third-order valence-corrected chi connectivity index (χ3v) is 10.3. The lowest BCUT2D eigenvalue weighted by atomic mass is 9.90. The molecule has 1 heterocycles. The summed E-state index contributed by atoms with van der Waals surface area (Å²) in [4.78, 5) is 2.62. The van der Waals surface area contributed by atoms with Crippen molar-refractivity contribution in [3.8, 4) is 11.1 Å². The number of hydrogen-bond acceptors (Lipinski definition) is 2. The number of rotatable bonds is 6. The van der Waals surface area contributed by atoms with Gasteiger partial charge < -0.3 is 9.32 Å². The second kappa shape index (κ2) is 12.4. The number of anilines is 1. The summed E-state index contributed by atoms with van der Waals surface area (Å²) in [6.07, 6.45) is 16.2. The lowest BCUT2D eigenvalue weighted by Gasteiger charge is -2.38. The van der Waals surface area contributed by atoms with Crippen LogP contribution in [0, 0.1) is 0 Å². The second-order valence-electron chi connectivity index (χ2n) is 13.2. The van der Waals surface area contributed by atoms with Crippen LogP contribution in [0.3, 0.4) is 0 Å². The molecule has 0 bridgehead atoms. The molecule has 2 aliphatic rings. The predicted molar refractivity (Wildman–Crippen MR) is 213 cm³/mol. The molecule has 1 unspecified atom stereocenters. The van der Waals surface area contributed by atoms with Gasteiger partial charge in [-0.3, -0.25) is 0 Å². The van der Waals surface area contributed by atoms with Gasteiger partial charge in [0.25, 0.3) is 0 Å². The van der Waals surface area contributed by atoms with Crippen LogP contribution in [0.1, 0.15) is 24.8 Å². The fraction of sp³-hybridized carbons (Fsp3) is 0.0833. The smallest absolute Gasteiger partial charge is 0.143 e. The highest BCUT2D eigenvalue weighted by molar-refractivity contribution is 6.16. The zero-order chi connectivity index (χ0) is 33.6. The Morgan fingerprint density at radius 1 is 0.720 bits per heavy atom. The zero-order valence-electron chi connectivity index (χ0n) is 28.0. The van der Waals surface area contributed by atoms with Crippen LogP contribution in [0.5, 0.6) is 0 Å². The predicted octanol–water partition coefficient (Wildman–Crippen LogP) is 9.38. The zero-order valence-corrected chi connectivity index (χ0v) is 28.0. The van der Waals surface area contributed by atoms with Gasteiger partial charge in [-0.25, -0.2) is 0 Å². The van der Waals surface area contributed by atoms with E-state index in [9.17, 15) is 0 Å². The highest BCUT2D eigenvalue weighted by atomic mass is 16.3. The number of nitrogens with zero attached hydrogens (tertiary/aromatic N) is 1. The summed E-state index contributed by atoms with van der Waals surface area (Å²) in [5.41, 5.74) is 9.15. The SMILES string of the molecule is C=C/C=c1\c(=C)ccc2c1=CCC(N(C1=C(c3cccc4c3oc3c5ccccc5ccc43)C=CCC1)c1ccccc1-c1ccccc1)C=2. The normalized spacial score (nSPS) is 16.0. The first-order valence-corrected chi connectivity index (χ1v) is 17.5. The van der Waals surface area contributed by atoms with E-state index in [0.29, 0.717) is 0 Å². The Morgan fingerprint density at radius 2 is 1.50 bits per heavy atom. The molecule has 0 amide bonds. The summed E-state index contributed by atoms with van der Waals surface area (Å²) in [5, 5.41) is 9.25. The van der Waals surface area contributed by atoms with E-state index in [-0.39, 0.29) is 6.04 Å². The Bertz CT molecular complexity index is 2780. The summed E-state index contributed by atoms with van der Waals surface area (Å²) < 4.78 is 6.90. The molecule has 0 saturated carbocycles. The lowest BCUT2D eigenvalue weighted by Crippen LogP contribution is -2.51. The minimum absolute atomic E-state index is 0.0925. The summed E-state index contributed by atoms with van der Waals surface area (Å²) in [7, 11) is 0. The molecule has 0 N–H and O–H groups in total. The first kappa shape index (κ1) is 30.0. The van der Waals surface area contributed by atoms with Crippen molar-refractivity contribution in [2.24, 2.45) is 0 Å². The molecule has 50 heavy (non-hydrogen) atoms. The Balaban J connectivity index is 1.32. The van der Waals surface area contributed by atoms with Crippen molar-refractivity contribution in [1.82, 2.24) is 0 Å². The molecule has 240 valence electrons. The summed E-state index contributed by atoms with van der Waals surface area (Å²) >= 11 is 0. The Hall–Kier alpha value is -6.12. The number of hydrogen-bond donors (Lipinski definition) is 0. The van der Waals surface area contributed by atoms with Crippen LogP contribution in [0.2, 0.25) is 0 Å². The van der Waals surface area contributed by atoms with Gasteiger partial charge in [0.2, 0.25) is 0 Å². The van der Waals surface area contributed by atoms with Crippen molar-refractivity contribution >= 4 is 68.8 Å². The molecule has 7 aromatic rings. The number of benzene rings is 6. The van der Waals surface area contributed by atoms with Crippen molar-refractivity contribution in [3.63, 3.8) is 0 Å². The van der Waals surface area contributed by atoms with E-state index in [1.54, 1.807) is 0 Å². The minimum Gasteiger partial charge on any atom is -0.455 e. The maximum absolute atomic E-state index is 6.90. The van der Waals surface area contributed by atoms with Crippen molar-refractivity contribution in [3.05, 3.63) is 178 Å². The van der Waals surface area contributed by atoms with E-state index >= 15 is 0 Å². The molecule has 0 spiro atoms. The highest BCUT2D eigenvalue weighted by Crippen LogP contribution is 2.43. The monoisotopic (exact) mass is 643 g/mol. The van der Waals surface area contributed by atoms with E-state index in [1.807, 2.05) is 6.08 Å². The maximum atomic E-state index is 6.90. The fourth-order valence-corrected chi connectivity index (χ4v) is 8.04. The first-order valence-electron chi connectivity index (χ1n) is 17.5. The average molecular weight is 644 g/mol. The van der Waals surface area contributed by atoms with Gasteiger partial charge in [-0.15, -0.1) is 0 Å². The van der Waals surface area contributed by atoms with E-state index in [4.69, 9.17) is 4.42 Å². The molecule has 0 saturated heterocycles. The van der Waals surface area contributed by atoms with Crippen LogP contribution in [0.15, 0.2) is 156 Å². The molecule has 6 aromatic carbocycles. The number of furan rings is 1. The van der Waals surface area contributed by atoms with Gasteiger partial charge in [-0.1, -0.05) is 159 Å². The van der Waals surface area contributed by atoms with Crippen LogP contribution in [-0.4, -0.2) is 6.04 Å². The van der Waals surface area contributed by atoms with Crippen molar-refractivity contribution in [1.29, 1.82) is 0 Å². The van der Waals surface area contributed by atoms with E-state index in [2.05, 4.69) is 170 Å². The van der Waals surface area contributed by atoms with Crippen molar-refractivity contribution < 1.29 is 4.42 Å². The van der Waals surface area contributed by atoms with Crippen LogP contribution in [0.4, 0.5) is 5.69 Å². The average Bonchev–Trinajstić information content (AvgIpc) is 3.57. The van der Waals surface area contributed by atoms with Crippen LogP contribution in [-0.2, 0) is 0 Å². The van der Waals surface area contributed by atoms with Gasteiger partial charge in [0, 0.05) is 44.2 Å². The van der Waals surface area contributed by atoms with Gasteiger partial charge in [0.05, 0.1) is 6.04 Å². The van der Waals surface area contributed by atoms with E-state index in [0.717, 1.165) is 62.6 Å². The minimum atomic E-state index is 0.0925. The number of para-hydroxylation sites is 2. The Kier molecular flexibility index (Phi) is 7.43. The van der Waals surface area contributed by atoms with Crippen molar-refractivity contribution in [2.45, 2.75) is 25.3 Å². The van der Waals surface area contributed by atoms with Gasteiger partial charge in [-0.05, 0) is 63.2 Å². The maximum Gasteiger partial charge on any atom is 0.143 e. The Morgan fingerprint density at radius 3 is 2.40 bits per heavy atom. The number of fused-ring (bicyclic) bond motifs is 6. The molecule has 9 rings (SSSR count). The van der Waals surface area contributed by atoms with E-state index < -0.39 is 0 Å². The van der Waals surface area contributed by atoms with Gasteiger partial charge in [-0.2, -0.15) is 0 Å². The molecule has 0 aliphatic heterocycles. The summed E-state index contributed by atoms with van der Waals surface area (Å²) in [5.74, 6) is 0.